The van der Waals surface area contributed by atoms with Crippen LogP contribution in [-0.4, -0.2) is 17.6 Å². The van der Waals surface area contributed by atoms with Gasteiger partial charge in [-0.1, -0.05) is 38.3 Å². The lowest BCUT2D eigenvalue weighted by atomic mass is 9.87. The molecule has 112 valence electrons. The van der Waals surface area contributed by atoms with Gasteiger partial charge in [-0.05, 0) is 43.9 Å². The molecule has 21 heavy (non-hydrogen) atoms. The third-order valence-corrected chi connectivity index (χ3v) is 4.87. The summed E-state index contributed by atoms with van der Waals surface area (Å²) in [5.41, 5.74) is 12.6. The smallest absolute Gasteiger partial charge is 0.220 e. The molecule has 1 aliphatic heterocycles. The fourth-order valence-electron chi connectivity index (χ4n) is 3.16. The molecule has 0 atom stereocenters. The Balaban J connectivity index is 2.10. The van der Waals surface area contributed by atoms with Gasteiger partial charge in [0.15, 0.2) is 0 Å². The number of nitrogens with two attached hydrogens (primary N) is 2. The normalized spacial score (nSPS) is 21.1. The minimum Gasteiger partial charge on any atom is -0.369 e. The van der Waals surface area contributed by atoms with Crippen LogP contribution in [0.15, 0.2) is 37.1 Å². The van der Waals surface area contributed by atoms with Crippen LogP contribution in [0.3, 0.4) is 0 Å². The van der Waals surface area contributed by atoms with E-state index in [2.05, 4.69) is 41.8 Å². The van der Waals surface area contributed by atoms with Crippen LogP contribution in [0.1, 0.15) is 32.1 Å². The summed E-state index contributed by atoms with van der Waals surface area (Å²) in [6.45, 7) is 0. The number of benzene rings is 1. The van der Waals surface area contributed by atoms with Crippen LogP contribution in [-0.2, 0) is 0 Å². The number of hydrogen-bond donors (Lipinski definition) is 2. The number of hydrogen-bond acceptors (Lipinski definition) is 5. The molecule has 0 aromatic heterocycles. The second kappa shape index (κ2) is 5.61. The van der Waals surface area contributed by atoms with Gasteiger partial charge in [0, 0.05) is 14.6 Å². The van der Waals surface area contributed by atoms with Crippen molar-refractivity contribution in [2.45, 2.75) is 37.8 Å². The van der Waals surface area contributed by atoms with Gasteiger partial charge < -0.3 is 11.5 Å². The molecular formula is C14H17Br2N5. The summed E-state index contributed by atoms with van der Waals surface area (Å²) in [6, 6.07) is 6.05. The number of rotatable bonds is 1. The van der Waals surface area contributed by atoms with E-state index in [0.717, 1.165) is 40.3 Å². The predicted octanol–water partition coefficient (Wildman–Crippen LogP) is 3.32. The minimum absolute atomic E-state index is 0.278. The van der Waals surface area contributed by atoms with E-state index in [-0.39, 0.29) is 5.96 Å². The largest absolute Gasteiger partial charge is 0.369 e. The molecule has 1 spiro atoms. The van der Waals surface area contributed by atoms with Crippen LogP contribution in [0.4, 0.5) is 5.69 Å². The summed E-state index contributed by atoms with van der Waals surface area (Å²) >= 11 is 7.05. The van der Waals surface area contributed by atoms with Crippen molar-refractivity contribution < 1.29 is 0 Å². The van der Waals surface area contributed by atoms with E-state index in [9.17, 15) is 0 Å². The maximum Gasteiger partial charge on any atom is 0.220 e. The standard InChI is InChI=1S/C14H17Br2N5/c15-9-6-10(16)8-11(7-9)21-13(18)19-12(17)20-14(21)4-2-1-3-5-14/h6-8H,1-5H2,(H4,17,18,19,20). The lowest BCUT2D eigenvalue weighted by Crippen LogP contribution is -2.58. The van der Waals surface area contributed by atoms with E-state index in [4.69, 9.17) is 11.5 Å². The molecule has 5 nitrogen and oxygen atoms in total. The van der Waals surface area contributed by atoms with Crippen LogP contribution in [0.5, 0.6) is 0 Å². The van der Waals surface area contributed by atoms with E-state index < -0.39 is 5.66 Å². The molecule has 1 saturated carbocycles. The van der Waals surface area contributed by atoms with Crippen molar-refractivity contribution in [2.75, 3.05) is 4.90 Å². The molecule has 3 rings (SSSR count). The summed E-state index contributed by atoms with van der Waals surface area (Å²) in [7, 11) is 0. The Kier molecular flexibility index (Phi) is 3.96. The Hall–Kier alpha value is -1.08. The summed E-state index contributed by atoms with van der Waals surface area (Å²) in [6.07, 6.45) is 5.35. The first-order chi connectivity index (χ1) is 10.00. The first-order valence-electron chi connectivity index (χ1n) is 6.96. The van der Waals surface area contributed by atoms with Crippen molar-refractivity contribution >= 4 is 49.5 Å². The fourth-order valence-corrected chi connectivity index (χ4v) is 4.43. The zero-order valence-electron chi connectivity index (χ0n) is 11.5. The van der Waals surface area contributed by atoms with Crippen LogP contribution in [0, 0.1) is 0 Å². The maximum atomic E-state index is 6.19. The van der Waals surface area contributed by atoms with E-state index in [1.54, 1.807) is 0 Å². The van der Waals surface area contributed by atoms with E-state index in [0.29, 0.717) is 5.96 Å². The van der Waals surface area contributed by atoms with Crippen molar-refractivity contribution in [1.29, 1.82) is 0 Å². The summed E-state index contributed by atoms with van der Waals surface area (Å²) in [5, 5.41) is 0. The maximum absolute atomic E-state index is 6.19. The highest BCUT2D eigenvalue weighted by Gasteiger charge is 2.42. The molecule has 0 radical (unpaired) electrons. The van der Waals surface area contributed by atoms with Gasteiger partial charge in [0.05, 0.1) is 0 Å². The number of aliphatic imine (C=N–C) groups is 2. The number of nitrogens with zero attached hydrogens (tertiary/aromatic N) is 3. The molecule has 1 fully saturated rings. The molecule has 1 heterocycles. The van der Waals surface area contributed by atoms with Gasteiger partial charge in [0.1, 0.15) is 5.66 Å². The lowest BCUT2D eigenvalue weighted by Gasteiger charge is -2.45. The molecule has 0 unspecified atom stereocenters. The van der Waals surface area contributed by atoms with Gasteiger partial charge in [-0.2, -0.15) is 4.99 Å². The average molecular weight is 415 g/mol. The van der Waals surface area contributed by atoms with Crippen molar-refractivity contribution in [3.8, 4) is 0 Å². The molecular weight excluding hydrogens is 398 g/mol. The highest BCUT2D eigenvalue weighted by molar-refractivity contribution is 9.11. The molecule has 4 N–H and O–H groups in total. The van der Waals surface area contributed by atoms with Crippen molar-refractivity contribution in [3.05, 3.63) is 27.1 Å². The SMILES string of the molecule is NC1=NC2(CCCCC2)N(c2cc(Br)cc(Br)c2)C(N)=N1. The van der Waals surface area contributed by atoms with Crippen molar-refractivity contribution in [3.63, 3.8) is 0 Å². The van der Waals surface area contributed by atoms with Crippen molar-refractivity contribution in [1.82, 2.24) is 0 Å². The fraction of sp³-hybridized carbons (Fsp3) is 0.429. The molecule has 0 bridgehead atoms. The number of guanidine groups is 2. The summed E-state index contributed by atoms with van der Waals surface area (Å²) < 4.78 is 1.96. The summed E-state index contributed by atoms with van der Waals surface area (Å²) in [4.78, 5) is 10.9. The third-order valence-electron chi connectivity index (χ3n) is 3.96. The van der Waals surface area contributed by atoms with Crippen LogP contribution in [0.2, 0.25) is 0 Å². The Morgan fingerprint density at radius 1 is 1.00 bits per heavy atom. The first kappa shape index (κ1) is 14.8. The van der Waals surface area contributed by atoms with E-state index in [1.165, 1.54) is 6.42 Å². The van der Waals surface area contributed by atoms with Crippen LogP contribution >= 0.6 is 31.9 Å². The number of anilines is 1. The zero-order chi connectivity index (χ0) is 15.0. The van der Waals surface area contributed by atoms with Gasteiger partial charge in [-0.3, -0.25) is 4.90 Å². The van der Waals surface area contributed by atoms with Gasteiger partial charge in [-0.25, -0.2) is 4.99 Å². The highest BCUT2D eigenvalue weighted by Crippen LogP contribution is 2.40. The molecule has 7 heteroatoms. The zero-order valence-corrected chi connectivity index (χ0v) is 14.7. The first-order valence-corrected chi connectivity index (χ1v) is 8.55. The Labute approximate surface area is 140 Å². The van der Waals surface area contributed by atoms with Crippen LogP contribution < -0.4 is 16.4 Å². The van der Waals surface area contributed by atoms with Gasteiger partial charge in [0.2, 0.25) is 11.9 Å². The van der Waals surface area contributed by atoms with Crippen molar-refractivity contribution in [2.24, 2.45) is 21.5 Å². The molecule has 2 aliphatic rings. The number of halogens is 2. The lowest BCUT2D eigenvalue weighted by molar-refractivity contribution is 0.305. The minimum atomic E-state index is -0.394. The average Bonchev–Trinajstić information content (AvgIpc) is 2.37. The monoisotopic (exact) mass is 413 g/mol. The second-order valence-corrected chi connectivity index (χ2v) is 7.28. The Morgan fingerprint density at radius 2 is 1.62 bits per heavy atom. The van der Waals surface area contributed by atoms with Gasteiger partial charge in [-0.15, -0.1) is 0 Å². The van der Waals surface area contributed by atoms with Crippen LogP contribution in [0.25, 0.3) is 0 Å². The van der Waals surface area contributed by atoms with Gasteiger partial charge >= 0.3 is 0 Å². The highest BCUT2D eigenvalue weighted by atomic mass is 79.9. The molecule has 1 aliphatic carbocycles. The quantitative estimate of drug-likeness (QED) is 0.739. The summed E-state index contributed by atoms with van der Waals surface area (Å²) in [5.74, 6) is 0.689. The third kappa shape index (κ3) is 2.81. The predicted molar refractivity (Wildman–Crippen MR) is 93.4 cm³/mol. The second-order valence-electron chi connectivity index (χ2n) is 5.45. The Bertz CT molecular complexity index is 600. The molecule has 1 aromatic rings. The van der Waals surface area contributed by atoms with E-state index in [1.807, 2.05) is 23.1 Å². The molecule has 0 saturated heterocycles. The topological polar surface area (TPSA) is 80.0 Å². The molecule has 0 amide bonds. The molecule has 1 aromatic carbocycles. The Morgan fingerprint density at radius 3 is 2.24 bits per heavy atom. The van der Waals surface area contributed by atoms with E-state index >= 15 is 0 Å². The van der Waals surface area contributed by atoms with Gasteiger partial charge in [0.25, 0.3) is 0 Å².